The molecule has 0 saturated carbocycles. The topological polar surface area (TPSA) is 54.3 Å². The van der Waals surface area contributed by atoms with Gasteiger partial charge in [-0.05, 0) is 31.0 Å². The van der Waals surface area contributed by atoms with Crippen LogP contribution in [-0.2, 0) is 13.1 Å². The van der Waals surface area contributed by atoms with E-state index in [1.54, 1.807) is 16.8 Å². The minimum absolute atomic E-state index is 0.0123. The van der Waals surface area contributed by atoms with Crippen LogP contribution in [0.5, 0.6) is 0 Å². The van der Waals surface area contributed by atoms with Gasteiger partial charge in [-0.15, -0.1) is 10.2 Å². The van der Waals surface area contributed by atoms with Gasteiger partial charge in [0.25, 0.3) is 0 Å². The molecule has 0 radical (unpaired) electrons. The van der Waals surface area contributed by atoms with Gasteiger partial charge in [-0.2, -0.15) is 0 Å². The average molecular weight is 344 g/mol. The number of carbonyl (C=O) groups is 1. The molecule has 1 aromatic heterocycles. The maximum Gasteiger partial charge on any atom is 0.320 e. The predicted octanol–water partition coefficient (Wildman–Crippen LogP) is 2.22. The first-order valence-electron chi connectivity index (χ1n) is 7.78. The number of hydrogen-bond donors (Lipinski definition) is 0. The van der Waals surface area contributed by atoms with Crippen molar-refractivity contribution >= 4 is 17.6 Å². The Labute approximate surface area is 146 Å². The molecule has 2 aromatic rings. The lowest BCUT2D eigenvalue weighted by molar-refractivity contribution is 0.150. The number of rotatable bonds is 1. The smallest absolute Gasteiger partial charge is 0.320 e. The van der Waals surface area contributed by atoms with E-state index in [1.807, 2.05) is 35.8 Å². The van der Waals surface area contributed by atoms with Gasteiger partial charge >= 0.3 is 6.03 Å². The van der Waals surface area contributed by atoms with Crippen molar-refractivity contribution in [2.24, 2.45) is 0 Å². The van der Waals surface area contributed by atoms with E-state index in [0.29, 0.717) is 37.0 Å². The third-order valence-electron chi connectivity index (χ3n) is 3.97. The highest BCUT2D eigenvalue weighted by Crippen LogP contribution is 2.14. The van der Waals surface area contributed by atoms with E-state index in [9.17, 15) is 4.79 Å². The number of halogens is 1. The first kappa shape index (κ1) is 16.3. The monoisotopic (exact) mass is 343 g/mol. The maximum atomic E-state index is 12.2. The standard InChI is InChI=1S/C17H18ClN5O/c1-3-21(2)17(24)22-9-10-23-15(19-20-16(23)12-22)8-7-13-5-4-6-14(18)11-13/h4-6,11H,3,9-10,12H2,1-2H3. The summed E-state index contributed by atoms with van der Waals surface area (Å²) in [6.07, 6.45) is 0. The summed E-state index contributed by atoms with van der Waals surface area (Å²) in [7, 11) is 1.80. The zero-order valence-corrected chi connectivity index (χ0v) is 14.4. The number of hydrogen-bond acceptors (Lipinski definition) is 3. The number of urea groups is 1. The lowest BCUT2D eigenvalue weighted by atomic mass is 10.2. The Hall–Kier alpha value is -2.52. The van der Waals surface area contributed by atoms with Crippen molar-refractivity contribution in [2.45, 2.75) is 20.0 Å². The molecule has 0 saturated heterocycles. The third-order valence-corrected chi connectivity index (χ3v) is 4.20. The van der Waals surface area contributed by atoms with Crippen molar-refractivity contribution in [1.29, 1.82) is 0 Å². The number of fused-ring (bicyclic) bond motifs is 1. The van der Waals surface area contributed by atoms with Crippen LogP contribution in [0.15, 0.2) is 24.3 Å². The van der Waals surface area contributed by atoms with Crippen LogP contribution in [0.1, 0.15) is 24.1 Å². The molecule has 0 N–H and O–H groups in total. The van der Waals surface area contributed by atoms with Crippen LogP contribution in [0.25, 0.3) is 0 Å². The summed E-state index contributed by atoms with van der Waals surface area (Å²) >= 11 is 5.96. The third kappa shape index (κ3) is 3.36. The summed E-state index contributed by atoms with van der Waals surface area (Å²) in [4.78, 5) is 15.7. The van der Waals surface area contributed by atoms with Crippen molar-refractivity contribution < 1.29 is 4.79 Å². The largest absolute Gasteiger partial charge is 0.328 e. The van der Waals surface area contributed by atoms with E-state index in [0.717, 1.165) is 11.4 Å². The zero-order valence-electron chi connectivity index (χ0n) is 13.7. The first-order chi connectivity index (χ1) is 11.6. The molecule has 3 rings (SSSR count). The summed E-state index contributed by atoms with van der Waals surface area (Å²) in [5.41, 5.74) is 0.831. The van der Waals surface area contributed by atoms with Crippen molar-refractivity contribution in [3.05, 3.63) is 46.5 Å². The van der Waals surface area contributed by atoms with E-state index in [-0.39, 0.29) is 6.03 Å². The minimum atomic E-state index is 0.0123. The van der Waals surface area contributed by atoms with Crippen LogP contribution < -0.4 is 0 Å². The van der Waals surface area contributed by atoms with Gasteiger partial charge in [-0.25, -0.2) is 4.79 Å². The van der Waals surface area contributed by atoms with Gasteiger partial charge < -0.3 is 14.4 Å². The van der Waals surface area contributed by atoms with E-state index in [4.69, 9.17) is 11.6 Å². The molecule has 1 aromatic carbocycles. The van der Waals surface area contributed by atoms with Crippen LogP contribution in [0.2, 0.25) is 5.02 Å². The summed E-state index contributed by atoms with van der Waals surface area (Å²) in [5.74, 6) is 7.46. The second kappa shape index (κ2) is 6.93. The molecule has 1 aliphatic rings. The van der Waals surface area contributed by atoms with Crippen molar-refractivity contribution in [3.8, 4) is 11.8 Å². The van der Waals surface area contributed by atoms with Gasteiger partial charge in [0, 0.05) is 37.3 Å². The predicted molar refractivity (Wildman–Crippen MR) is 91.6 cm³/mol. The quantitative estimate of drug-likeness (QED) is 0.746. The van der Waals surface area contributed by atoms with Crippen LogP contribution >= 0.6 is 11.6 Å². The number of nitrogens with zero attached hydrogens (tertiary/aromatic N) is 5. The second-order valence-electron chi connectivity index (χ2n) is 5.57. The van der Waals surface area contributed by atoms with Crippen LogP contribution in [0, 0.1) is 11.8 Å². The first-order valence-corrected chi connectivity index (χ1v) is 8.16. The van der Waals surface area contributed by atoms with Crippen LogP contribution in [-0.4, -0.2) is 50.7 Å². The molecule has 0 fully saturated rings. The van der Waals surface area contributed by atoms with Crippen LogP contribution in [0.4, 0.5) is 4.79 Å². The van der Waals surface area contributed by atoms with E-state index in [1.165, 1.54) is 0 Å². The number of carbonyl (C=O) groups excluding carboxylic acids is 1. The zero-order chi connectivity index (χ0) is 17.1. The number of benzene rings is 1. The molecule has 24 heavy (non-hydrogen) atoms. The molecule has 7 heteroatoms. The molecular formula is C17H18ClN5O. The Morgan fingerprint density at radius 1 is 1.33 bits per heavy atom. The normalized spacial score (nSPS) is 13.0. The number of amides is 2. The number of aromatic nitrogens is 3. The molecule has 0 spiro atoms. The lowest BCUT2D eigenvalue weighted by Crippen LogP contribution is -2.45. The minimum Gasteiger partial charge on any atom is -0.328 e. The fourth-order valence-electron chi connectivity index (χ4n) is 2.48. The molecule has 0 unspecified atom stereocenters. The Morgan fingerprint density at radius 3 is 2.92 bits per heavy atom. The molecule has 2 heterocycles. The second-order valence-corrected chi connectivity index (χ2v) is 6.01. The van der Waals surface area contributed by atoms with Crippen molar-refractivity contribution in [1.82, 2.24) is 24.6 Å². The van der Waals surface area contributed by atoms with Gasteiger partial charge in [0.15, 0.2) is 5.82 Å². The van der Waals surface area contributed by atoms with E-state index in [2.05, 4.69) is 22.0 Å². The average Bonchev–Trinajstić information content (AvgIpc) is 3.01. The molecular weight excluding hydrogens is 326 g/mol. The van der Waals surface area contributed by atoms with Crippen molar-refractivity contribution in [2.75, 3.05) is 20.1 Å². The lowest BCUT2D eigenvalue weighted by Gasteiger charge is -2.30. The van der Waals surface area contributed by atoms with Crippen molar-refractivity contribution in [3.63, 3.8) is 0 Å². The molecule has 6 nitrogen and oxygen atoms in total. The van der Waals surface area contributed by atoms with E-state index < -0.39 is 0 Å². The molecule has 2 amide bonds. The highest BCUT2D eigenvalue weighted by molar-refractivity contribution is 6.30. The summed E-state index contributed by atoms with van der Waals surface area (Å²) in [6.45, 7) is 4.35. The highest BCUT2D eigenvalue weighted by Gasteiger charge is 2.25. The SMILES string of the molecule is CCN(C)C(=O)N1CCn2c(C#Cc3cccc(Cl)c3)nnc2C1. The van der Waals surface area contributed by atoms with Gasteiger partial charge in [-0.3, -0.25) is 0 Å². The summed E-state index contributed by atoms with van der Waals surface area (Å²) in [6, 6.07) is 7.39. The highest BCUT2D eigenvalue weighted by atomic mass is 35.5. The molecule has 0 bridgehead atoms. The van der Waals surface area contributed by atoms with Gasteiger partial charge in [0.2, 0.25) is 5.82 Å². The Morgan fingerprint density at radius 2 is 2.17 bits per heavy atom. The maximum absolute atomic E-state index is 12.2. The molecule has 1 aliphatic heterocycles. The van der Waals surface area contributed by atoms with Crippen LogP contribution in [0.3, 0.4) is 0 Å². The van der Waals surface area contributed by atoms with Gasteiger partial charge in [-0.1, -0.05) is 23.6 Å². The fraction of sp³-hybridized carbons (Fsp3) is 0.353. The molecule has 124 valence electrons. The Kier molecular flexibility index (Phi) is 4.72. The molecule has 0 atom stereocenters. The Balaban J connectivity index is 1.78. The summed E-state index contributed by atoms with van der Waals surface area (Å²) < 4.78 is 1.97. The fourth-order valence-corrected chi connectivity index (χ4v) is 2.67. The van der Waals surface area contributed by atoms with E-state index >= 15 is 0 Å². The Bertz CT molecular complexity index is 820. The summed E-state index contributed by atoms with van der Waals surface area (Å²) in [5, 5.41) is 8.98. The van der Waals surface area contributed by atoms with Gasteiger partial charge in [0.05, 0.1) is 6.54 Å². The molecule has 0 aliphatic carbocycles. The van der Waals surface area contributed by atoms with Gasteiger partial charge in [0.1, 0.15) is 0 Å².